The largest absolute Gasteiger partial charge is 0.377 e. The molecule has 2 aliphatic rings. The fourth-order valence-electron chi connectivity index (χ4n) is 3.66. The van der Waals surface area contributed by atoms with Crippen LogP contribution in [0.2, 0.25) is 0 Å². The van der Waals surface area contributed by atoms with Crippen LogP contribution < -0.4 is 5.32 Å². The van der Waals surface area contributed by atoms with Crippen molar-refractivity contribution in [2.24, 2.45) is 11.8 Å². The van der Waals surface area contributed by atoms with Crippen molar-refractivity contribution in [1.29, 1.82) is 0 Å². The van der Waals surface area contributed by atoms with E-state index in [0.717, 1.165) is 43.4 Å². The van der Waals surface area contributed by atoms with Crippen LogP contribution in [0.15, 0.2) is 36.1 Å². The summed E-state index contributed by atoms with van der Waals surface area (Å²) < 4.78 is 5.89. The summed E-state index contributed by atoms with van der Waals surface area (Å²) in [5, 5.41) is 6.08. The number of carbonyl (C=O) groups is 1. The van der Waals surface area contributed by atoms with Crippen LogP contribution in [0, 0.1) is 11.8 Å². The number of thiazole rings is 1. The van der Waals surface area contributed by atoms with Crippen molar-refractivity contribution in [1.82, 2.24) is 14.9 Å². The number of anilines is 1. The Bertz CT molecular complexity index is 679. The van der Waals surface area contributed by atoms with E-state index in [0.29, 0.717) is 5.92 Å². The van der Waals surface area contributed by atoms with E-state index < -0.39 is 0 Å². The quantitative estimate of drug-likeness (QED) is 0.919. The van der Waals surface area contributed by atoms with Crippen molar-refractivity contribution in [3.05, 3.63) is 41.1 Å². The van der Waals surface area contributed by atoms with Crippen molar-refractivity contribution in [2.75, 3.05) is 25.0 Å². The van der Waals surface area contributed by atoms with E-state index in [-0.39, 0.29) is 17.9 Å². The number of hydrogen-bond donors (Lipinski definition) is 1. The number of nitrogens with one attached hydrogen (secondary N) is 1. The van der Waals surface area contributed by atoms with E-state index in [1.165, 1.54) is 0 Å². The summed E-state index contributed by atoms with van der Waals surface area (Å²) in [4.78, 5) is 23.5. The number of pyridine rings is 1. The van der Waals surface area contributed by atoms with Gasteiger partial charge in [0.2, 0.25) is 5.91 Å². The van der Waals surface area contributed by atoms with Gasteiger partial charge in [0.1, 0.15) is 5.01 Å². The zero-order valence-corrected chi connectivity index (χ0v) is 14.1. The minimum Gasteiger partial charge on any atom is -0.377 e. The molecule has 0 bridgehead atoms. The molecular weight excluding hydrogens is 324 g/mol. The van der Waals surface area contributed by atoms with Crippen LogP contribution in [-0.2, 0) is 16.1 Å². The lowest BCUT2D eigenvalue weighted by Crippen LogP contribution is -2.51. The van der Waals surface area contributed by atoms with Gasteiger partial charge >= 0.3 is 0 Å². The first-order valence-corrected chi connectivity index (χ1v) is 9.11. The van der Waals surface area contributed by atoms with Crippen LogP contribution in [0.5, 0.6) is 0 Å². The molecule has 0 saturated carbocycles. The predicted octanol–water partition coefficient (Wildman–Crippen LogP) is 2.01. The number of likely N-dealkylation sites (tertiary alicyclic amines) is 1. The number of aromatic nitrogens is 2. The molecule has 24 heavy (non-hydrogen) atoms. The fourth-order valence-corrected chi connectivity index (χ4v) is 4.31. The molecule has 4 heterocycles. The van der Waals surface area contributed by atoms with Crippen LogP contribution in [0.4, 0.5) is 5.69 Å². The second-order valence-corrected chi connectivity index (χ2v) is 7.30. The molecule has 7 heteroatoms. The molecule has 2 aromatic rings. The summed E-state index contributed by atoms with van der Waals surface area (Å²) in [7, 11) is 0. The highest BCUT2D eigenvalue weighted by molar-refractivity contribution is 7.09. The van der Waals surface area contributed by atoms with Gasteiger partial charge in [0.25, 0.3) is 0 Å². The summed E-state index contributed by atoms with van der Waals surface area (Å²) in [5.41, 5.74) is 0.745. The third-order valence-electron chi connectivity index (χ3n) is 4.78. The van der Waals surface area contributed by atoms with Gasteiger partial charge in [-0.05, 0) is 18.6 Å². The van der Waals surface area contributed by atoms with Gasteiger partial charge in [0.15, 0.2) is 0 Å². The highest BCUT2D eigenvalue weighted by Crippen LogP contribution is 2.35. The van der Waals surface area contributed by atoms with Crippen LogP contribution in [0.25, 0.3) is 0 Å². The molecule has 1 amide bonds. The van der Waals surface area contributed by atoms with Crippen molar-refractivity contribution in [2.45, 2.75) is 19.1 Å². The van der Waals surface area contributed by atoms with Crippen molar-refractivity contribution >= 4 is 22.9 Å². The van der Waals surface area contributed by atoms with Gasteiger partial charge in [-0.2, -0.15) is 0 Å². The smallest absolute Gasteiger partial charge is 0.229 e. The van der Waals surface area contributed by atoms with Gasteiger partial charge in [-0.1, -0.05) is 0 Å². The number of hydrogen-bond acceptors (Lipinski definition) is 6. The average Bonchev–Trinajstić information content (AvgIpc) is 3.26. The molecule has 2 saturated heterocycles. The monoisotopic (exact) mass is 344 g/mol. The van der Waals surface area contributed by atoms with Gasteiger partial charge in [0, 0.05) is 43.4 Å². The first-order chi connectivity index (χ1) is 11.8. The van der Waals surface area contributed by atoms with Gasteiger partial charge in [-0.15, -0.1) is 11.3 Å². The van der Waals surface area contributed by atoms with Gasteiger partial charge in [-0.3, -0.25) is 14.7 Å². The van der Waals surface area contributed by atoms with E-state index in [1.54, 1.807) is 23.7 Å². The topological polar surface area (TPSA) is 67.4 Å². The summed E-state index contributed by atoms with van der Waals surface area (Å²) in [6.07, 6.45) is 6.30. The van der Waals surface area contributed by atoms with Crippen molar-refractivity contribution < 1.29 is 9.53 Å². The molecule has 0 aliphatic carbocycles. The molecule has 2 aromatic heterocycles. The molecule has 3 atom stereocenters. The Kier molecular flexibility index (Phi) is 4.55. The number of rotatable bonds is 4. The van der Waals surface area contributed by atoms with E-state index in [9.17, 15) is 4.79 Å². The third-order valence-corrected chi connectivity index (χ3v) is 5.54. The number of piperidine rings is 1. The van der Waals surface area contributed by atoms with E-state index >= 15 is 0 Å². The maximum absolute atomic E-state index is 12.8. The first kappa shape index (κ1) is 15.7. The average molecular weight is 344 g/mol. The number of amides is 1. The lowest BCUT2D eigenvalue weighted by atomic mass is 9.82. The number of carbonyl (C=O) groups excluding carboxylic acids is 1. The molecule has 126 valence electrons. The Balaban J connectivity index is 1.48. The highest BCUT2D eigenvalue weighted by atomic mass is 32.1. The predicted molar refractivity (Wildman–Crippen MR) is 91.6 cm³/mol. The Labute approximate surface area is 144 Å². The zero-order chi connectivity index (χ0) is 16.4. The maximum atomic E-state index is 12.8. The van der Waals surface area contributed by atoms with Crippen LogP contribution in [0.3, 0.4) is 0 Å². The molecule has 2 fully saturated rings. The summed E-state index contributed by atoms with van der Waals surface area (Å²) in [5.74, 6) is 0.299. The summed E-state index contributed by atoms with van der Waals surface area (Å²) in [6, 6.07) is 3.69. The van der Waals surface area contributed by atoms with E-state index in [2.05, 4.69) is 20.2 Å². The van der Waals surface area contributed by atoms with Crippen LogP contribution >= 0.6 is 11.3 Å². The molecule has 6 nitrogen and oxygen atoms in total. The highest BCUT2D eigenvalue weighted by Gasteiger charge is 2.44. The second-order valence-electron chi connectivity index (χ2n) is 6.32. The SMILES string of the molecule is O=C(Nc1cccnc1)[C@@H]1CN(Cc2nccs2)C[C@@H]2OCC[C@@H]21. The summed E-state index contributed by atoms with van der Waals surface area (Å²) in [6.45, 7) is 3.15. The lowest BCUT2D eigenvalue weighted by Gasteiger charge is -2.38. The number of ether oxygens (including phenoxy) is 1. The molecular formula is C17H20N4O2S. The van der Waals surface area contributed by atoms with Crippen LogP contribution in [-0.4, -0.2) is 46.6 Å². The number of fused-ring (bicyclic) bond motifs is 1. The van der Waals surface area contributed by atoms with Crippen LogP contribution in [0.1, 0.15) is 11.4 Å². The lowest BCUT2D eigenvalue weighted by molar-refractivity contribution is -0.125. The third kappa shape index (κ3) is 3.33. The van der Waals surface area contributed by atoms with Crippen molar-refractivity contribution in [3.63, 3.8) is 0 Å². The molecule has 1 N–H and O–H groups in total. The number of nitrogens with zero attached hydrogens (tertiary/aromatic N) is 3. The Morgan fingerprint density at radius 3 is 3.17 bits per heavy atom. The fraction of sp³-hybridized carbons (Fsp3) is 0.471. The molecule has 0 radical (unpaired) electrons. The molecule has 0 spiro atoms. The van der Waals surface area contributed by atoms with Gasteiger partial charge < -0.3 is 10.1 Å². The minimum atomic E-state index is -0.0635. The minimum absolute atomic E-state index is 0.0624. The van der Waals surface area contributed by atoms with Gasteiger partial charge in [0.05, 0.1) is 30.5 Å². The normalized spacial score (nSPS) is 26.9. The Morgan fingerprint density at radius 1 is 1.42 bits per heavy atom. The second kappa shape index (κ2) is 6.96. The first-order valence-electron chi connectivity index (χ1n) is 8.23. The Morgan fingerprint density at radius 2 is 2.38 bits per heavy atom. The van der Waals surface area contributed by atoms with Gasteiger partial charge in [-0.25, -0.2) is 4.98 Å². The molecule has 0 aromatic carbocycles. The molecule has 4 rings (SSSR count). The summed E-state index contributed by atoms with van der Waals surface area (Å²) >= 11 is 1.65. The van der Waals surface area contributed by atoms with Crippen molar-refractivity contribution in [3.8, 4) is 0 Å². The zero-order valence-electron chi connectivity index (χ0n) is 13.3. The molecule has 0 unspecified atom stereocenters. The van der Waals surface area contributed by atoms with E-state index in [1.807, 2.05) is 23.7 Å². The molecule has 2 aliphatic heterocycles. The Hall–Kier alpha value is -1.83. The van der Waals surface area contributed by atoms with E-state index in [4.69, 9.17) is 4.74 Å². The standard InChI is InChI=1S/C17H20N4O2S/c22-17(20-12-2-1-4-18-8-12)14-9-21(11-16-19-5-7-24-16)10-15-13(14)3-6-23-15/h1-2,4-5,7-8,13-15H,3,6,9-11H2,(H,20,22)/t13-,14-,15+/m1/s1. The maximum Gasteiger partial charge on any atom is 0.229 e.